The lowest BCUT2D eigenvalue weighted by atomic mass is 10.2. The highest BCUT2D eigenvalue weighted by atomic mass is 32.2. The van der Waals surface area contributed by atoms with Gasteiger partial charge in [0.15, 0.2) is 5.78 Å². The summed E-state index contributed by atoms with van der Waals surface area (Å²) in [6.45, 7) is 4.29. The number of esters is 1. The zero-order valence-electron chi connectivity index (χ0n) is 16.0. The van der Waals surface area contributed by atoms with Crippen LogP contribution < -0.4 is 0 Å². The Morgan fingerprint density at radius 1 is 1.18 bits per heavy atom. The SMILES string of the molecule is COC(=O)CCn1c(C)cc(C(=O)CSc2nnnn2-c2ccccc2)c1C. The number of Topliss-reactive ketones (excluding diaryl/α,β-unsaturated/α-hetero) is 1. The molecule has 0 bridgehead atoms. The monoisotopic (exact) mass is 399 g/mol. The fourth-order valence-corrected chi connectivity index (χ4v) is 3.71. The maximum atomic E-state index is 12.8. The van der Waals surface area contributed by atoms with E-state index in [4.69, 9.17) is 0 Å². The van der Waals surface area contributed by atoms with Crippen LogP contribution in [0.1, 0.15) is 28.2 Å². The molecular formula is C19H21N5O3S. The number of aromatic nitrogens is 5. The van der Waals surface area contributed by atoms with Crippen molar-refractivity contribution >= 4 is 23.5 Å². The van der Waals surface area contributed by atoms with Crippen LogP contribution in [0.25, 0.3) is 5.69 Å². The van der Waals surface area contributed by atoms with E-state index in [2.05, 4.69) is 20.3 Å². The second-order valence-electron chi connectivity index (χ2n) is 6.18. The van der Waals surface area contributed by atoms with Crippen molar-refractivity contribution in [2.75, 3.05) is 12.9 Å². The minimum absolute atomic E-state index is 0.00923. The second kappa shape index (κ2) is 8.83. The number of nitrogens with zero attached hydrogens (tertiary/aromatic N) is 5. The molecule has 0 unspecified atom stereocenters. The van der Waals surface area contributed by atoms with Crippen LogP contribution in [0.3, 0.4) is 0 Å². The van der Waals surface area contributed by atoms with Crippen LogP contribution in [0.2, 0.25) is 0 Å². The number of ether oxygens (including phenoxy) is 1. The summed E-state index contributed by atoms with van der Waals surface area (Å²) in [5.41, 5.74) is 3.26. The molecule has 0 atom stereocenters. The highest BCUT2D eigenvalue weighted by Crippen LogP contribution is 2.22. The average molecular weight is 399 g/mol. The van der Waals surface area contributed by atoms with Crippen LogP contribution in [-0.4, -0.2) is 49.4 Å². The third-order valence-corrected chi connectivity index (χ3v) is 5.33. The van der Waals surface area contributed by atoms with Crippen molar-refractivity contribution < 1.29 is 14.3 Å². The van der Waals surface area contributed by atoms with Gasteiger partial charge in [0.1, 0.15) is 0 Å². The molecule has 0 aliphatic carbocycles. The first-order valence-corrected chi connectivity index (χ1v) is 9.73. The number of carbonyl (C=O) groups excluding carboxylic acids is 2. The number of aryl methyl sites for hydroxylation is 1. The van der Waals surface area contributed by atoms with Gasteiger partial charge in [0.05, 0.1) is 25.0 Å². The van der Waals surface area contributed by atoms with E-state index < -0.39 is 0 Å². The number of hydrogen-bond donors (Lipinski definition) is 0. The molecular weight excluding hydrogens is 378 g/mol. The molecule has 8 nitrogen and oxygen atoms in total. The number of hydrogen-bond acceptors (Lipinski definition) is 7. The van der Waals surface area contributed by atoms with Gasteiger partial charge in [0, 0.05) is 23.5 Å². The lowest BCUT2D eigenvalue weighted by Gasteiger charge is -2.09. The van der Waals surface area contributed by atoms with Crippen LogP contribution in [0.15, 0.2) is 41.6 Å². The molecule has 3 rings (SSSR count). The highest BCUT2D eigenvalue weighted by Gasteiger charge is 2.18. The van der Waals surface area contributed by atoms with E-state index in [-0.39, 0.29) is 23.9 Å². The van der Waals surface area contributed by atoms with E-state index in [0.29, 0.717) is 17.3 Å². The van der Waals surface area contributed by atoms with Crippen LogP contribution >= 0.6 is 11.8 Å². The molecule has 3 aromatic rings. The normalized spacial score (nSPS) is 10.8. The molecule has 28 heavy (non-hydrogen) atoms. The molecule has 0 spiro atoms. The number of para-hydroxylation sites is 1. The summed E-state index contributed by atoms with van der Waals surface area (Å²) in [4.78, 5) is 24.2. The minimum atomic E-state index is -0.274. The molecule has 0 amide bonds. The van der Waals surface area contributed by atoms with Gasteiger partial charge >= 0.3 is 5.97 Å². The molecule has 1 aromatic carbocycles. The number of ketones is 1. The van der Waals surface area contributed by atoms with Gasteiger partial charge in [0.2, 0.25) is 5.16 Å². The third-order valence-electron chi connectivity index (χ3n) is 4.42. The van der Waals surface area contributed by atoms with Crippen molar-refractivity contribution in [3.63, 3.8) is 0 Å². The highest BCUT2D eigenvalue weighted by molar-refractivity contribution is 7.99. The predicted octanol–water partition coefficient (Wildman–Crippen LogP) is 2.62. The van der Waals surface area contributed by atoms with Crippen molar-refractivity contribution in [3.05, 3.63) is 53.3 Å². The molecule has 2 heterocycles. The van der Waals surface area contributed by atoms with Gasteiger partial charge in [-0.2, -0.15) is 4.68 Å². The first kappa shape index (κ1) is 19.8. The molecule has 0 aliphatic rings. The quantitative estimate of drug-likeness (QED) is 0.327. The lowest BCUT2D eigenvalue weighted by molar-refractivity contribution is -0.140. The maximum absolute atomic E-state index is 12.8. The zero-order chi connectivity index (χ0) is 20.1. The third kappa shape index (κ3) is 4.30. The Balaban J connectivity index is 1.70. The molecule has 0 saturated heterocycles. The lowest BCUT2D eigenvalue weighted by Crippen LogP contribution is -2.11. The summed E-state index contributed by atoms with van der Waals surface area (Å²) >= 11 is 1.29. The fourth-order valence-electron chi connectivity index (χ4n) is 2.94. The summed E-state index contributed by atoms with van der Waals surface area (Å²) in [5.74, 6) is -0.0668. The smallest absolute Gasteiger partial charge is 0.307 e. The number of thioether (sulfide) groups is 1. The maximum Gasteiger partial charge on any atom is 0.307 e. The Kier molecular flexibility index (Phi) is 6.25. The van der Waals surface area contributed by atoms with Crippen molar-refractivity contribution in [1.29, 1.82) is 0 Å². The van der Waals surface area contributed by atoms with E-state index in [1.807, 2.05) is 54.8 Å². The summed E-state index contributed by atoms with van der Waals surface area (Å²) in [5, 5.41) is 12.3. The molecule has 0 saturated carbocycles. The van der Waals surface area contributed by atoms with E-state index in [1.54, 1.807) is 4.68 Å². The Bertz CT molecular complexity index is 981. The predicted molar refractivity (Wildman–Crippen MR) is 105 cm³/mol. The van der Waals surface area contributed by atoms with Crippen molar-refractivity contribution in [3.8, 4) is 5.69 Å². The first-order valence-electron chi connectivity index (χ1n) is 8.74. The largest absolute Gasteiger partial charge is 0.469 e. The Hall–Kier alpha value is -2.94. The number of tetrazole rings is 1. The molecule has 2 aromatic heterocycles. The molecule has 0 aliphatic heterocycles. The van der Waals surface area contributed by atoms with Gasteiger partial charge in [-0.05, 0) is 42.5 Å². The summed E-state index contributed by atoms with van der Waals surface area (Å²) in [7, 11) is 1.37. The molecule has 0 fully saturated rings. The van der Waals surface area contributed by atoms with Gasteiger partial charge in [0.25, 0.3) is 0 Å². The van der Waals surface area contributed by atoms with Crippen molar-refractivity contribution in [1.82, 2.24) is 24.8 Å². The van der Waals surface area contributed by atoms with Gasteiger partial charge < -0.3 is 9.30 Å². The second-order valence-corrected chi connectivity index (χ2v) is 7.13. The van der Waals surface area contributed by atoms with Crippen LogP contribution in [0.5, 0.6) is 0 Å². The van der Waals surface area contributed by atoms with Gasteiger partial charge in [-0.1, -0.05) is 30.0 Å². The fraction of sp³-hybridized carbons (Fsp3) is 0.316. The molecule has 0 radical (unpaired) electrons. The van der Waals surface area contributed by atoms with Gasteiger partial charge in [-0.15, -0.1) is 5.10 Å². The van der Waals surface area contributed by atoms with Gasteiger partial charge in [-0.3, -0.25) is 9.59 Å². The summed E-state index contributed by atoms with van der Waals surface area (Å²) in [6, 6.07) is 11.4. The number of carbonyl (C=O) groups is 2. The van der Waals surface area contributed by atoms with Crippen LogP contribution in [0, 0.1) is 13.8 Å². The van der Waals surface area contributed by atoms with Crippen molar-refractivity contribution in [2.45, 2.75) is 32.0 Å². The zero-order valence-corrected chi connectivity index (χ0v) is 16.8. The Morgan fingerprint density at radius 2 is 1.93 bits per heavy atom. The number of methoxy groups -OCH3 is 1. The Labute approximate surface area is 166 Å². The van der Waals surface area contributed by atoms with Crippen molar-refractivity contribution in [2.24, 2.45) is 0 Å². The van der Waals surface area contributed by atoms with Crippen LogP contribution in [0.4, 0.5) is 0 Å². The summed E-state index contributed by atoms with van der Waals surface area (Å²) in [6.07, 6.45) is 0.265. The van der Waals surface area contributed by atoms with Crippen LogP contribution in [-0.2, 0) is 16.1 Å². The average Bonchev–Trinajstić information content (AvgIpc) is 3.29. The number of rotatable bonds is 8. The van der Waals surface area contributed by atoms with Gasteiger partial charge in [-0.25, -0.2) is 0 Å². The molecule has 9 heteroatoms. The standard InChI is InChI=1S/C19H21N5O3S/c1-13-11-16(14(2)23(13)10-9-18(26)27-3)17(25)12-28-19-20-21-22-24(19)15-7-5-4-6-8-15/h4-8,11H,9-10,12H2,1-3H3. The minimum Gasteiger partial charge on any atom is -0.469 e. The summed E-state index contributed by atoms with van der Waals surface area (Å²) < 4.78 is 8.26. The molecule has 146 valence electrons. The first-order chi connectivity index (χ1) is 13.5. The van der Waals surface area contributed by atoms with E-state index in [9.17, 15) is 9.59 Å². The van der Waals surface area contributed by atoms with E-state index in [0.717, 1.165) is 17.1 Å². The Morgan fingerprint density at radius 3 is 2.64 bits per heavy atom. The number of benzene rings is 1. The topological polar surface area (TPSA) is 91.9 Å². The van der Waals surface area contributed by atoms with E-state index in [1.165, 1.54) is 18.9 Å². The molecule has 0 N–H and O–H groups in total. The van der Waals surface area contributed by atoms with E-state index >= 15 is 0 Å².